The zero-order chi connectivity index (χ0) is 9.73. The fraction of sp³-hybridized carbons (Fsp3) is 1.00. The molecule has 2 rings (SSSR count). The number of hydrogen-bond donors (Lipinski definition) is 0. The number of hydrogen-bond acceptors (Lipinski definition) is 1. The quantitative estimate of drug-likeness (QED) is 0.604. The molecule has 0 unspecified atom stereocenters. The molecule has 1 nitrogen and oxygen atoms in total. The minimum Gasteiger partial charge on any atom is -0.381 e. The summed E-state index contributed by atoms with van der Waals surface area (Å²) in [5.74, 6) is 1.05. The van der Waals surface area contributed by atoms with E-state index in [0.29, 0.717) is 0 Å². The predicted octanol–water partition coefficient (Wildman–Crippen LogP) is 3.63. The molecule has 0 radical (unpaired) electrons. The smallest absolute Gasteiger partial charge is 0.0471 e. The number of rotatable bonds is 1. The van der Waals surface area contributed by atoms with Crippen LogP contribution in [0.25, 0.3) is 0 Å². The summed E-state index contributed by atoms with van der Waals surface area (Å²) in [6.07, 6.45) is 7.05. The van der Waals surface area contributed by atoms with E-state index in [1.165, 1.54) is 32.1 Å². The Morgan fingerprint density at radius 1 is 1.15 bits per heavy atom. The van der Waals surface area contributed by atoms with Gasteiger partial charge in [0.2, 0.25) is 0 Å². The van der Waals surface area contributed by atoms with Gasteiger partial charge in [-0.25, -0.2) is 0 Å². The second kappa shape index (κ2) is 4.99. The van der Waals surface area contributed by atoms with Gasteiger partial charge in [0, 0.05) is 13.2 Å². The highest BCUT2D eigenvalue weighted by molar-refractivity contribution is 4.94. The Kier molecular flexibility index (Phi) is 4.24. The molecule has 1 spiro atoms. The van der Waals surface area contributed by atoms with Gasteiger partial charge in [0.15, 0.2) is 0 Å². The lowest BCUT2D eigenvalue weighted by atomic mass is 9.58. The third kappa shape index (κ3) is 2.46. The normalized spacial score (nSPS) is 26.1. The summed E-state index contributed by atoms with van der Waals surface area (Å²) in [5, 5.41) is 0. The van der Waals surface area contributed by atoms with E-state index in [1.807, 2.05) is 13.8 Å². The van der Waals surface area contributed by atoms with Gasteiger partial charge in [-0.05, 0) is 37.0 Å². The van der Waals surface area contributed by atoms with Crippen molar-refractivity contribution in [2.24, 2.45) is 11.3 Å². The molecule has 1 saturated carbocycles. The van der Waals surface area contributed by atoms with Crippen molar-refractivity contribution >= 4 is 0 Å². The molecule has 1 aliphatic heterocycles. The van der Waals surface area contributed by atoms with E-state index in [0.717, 1.165) is 24.5 Å². The van der Waals surface area contributed by atoms with Crippen LogP contribution in [0.15, 0.2) is 0 Å². The van der Waals surface area contributed by atoms with Crippen LogP contribution < -0.4 is 0 Å². The van der Waals surface area contributed by atoms with Crippen molar-refractivity contribution in [3.8, 4) is 0 Å². The lowest BCUT2D eigenvalue weighted by molar-refractivity contribution is -0.0594. The van der Waals surface area contributed by atoms with Gasteiger partial charge in [0.05, 0.1) is 0 Å². The maximum absolute atomic E-state index is 5.37. The maximum atomic E-state index is 5.37. The average molecular weight is 184 g/mol. The van der Waals surface area contributed by atoms with Gasteiger partial charge >= 0.3 is 0 Å². The van der Waals surface area contributed by atoms with E-state index in [2.05, 4.69) is 6.92 Å². The van der Waals surface area contributed by atoms with Crippen molar-refractivity contribution < 1.29 is 4.74 Å². The standard InChI is InChI=1S/C10H18O.C2H6/c1-2-9-7-10(8-9)3-5-11-6-4-10;1-2/h9H,2-8H2,1H3;1-2H3. The number of ether oxygens (including phenoxy) is 1. The molecule has 1 heteroatoms. The molecule has 0 aromatic heterocycles. The molecule has 2 fully saturated rings. The largest absolute Gasteiger partial charge is 0.381 e. The van der Waals surface area contributed by atoms with E-state index in [9.17, 15) is 0 Å². The summed E-state index contributed by atoms with van der Waals surface area (Å²) in [5.41, 5.74) is 0.749. The van der Waals surface area contributed by atoms with Crippen molar-refractivity contribution in [1.82, 2.24) is 0 Å². The van der Waals surface area contributed by atoms with Crippen LogP contribution in [0, 0.1) is 11.3 Å². The first-order valence-corrected chi connectivity index (χ1v) is 5.92. The van der Waals surface area contributed by atoms with E-state index < -0.39 is 0 Å². The average Bonchev–Trinajstić information content (AvgIpc) is 2.18. The summed E-state index contributed by atoms with van der Waals surface area (Å²) in [6.45, 7) is 8.36. The van der Waals surface area contributed by atoms with Gasteiger partial charge < -0.3 is 4.74 Å². The minimum atomic E-state index is 0.749. The van der Waals surface area contributed by atoms with E-state index in [1.54, 1.807) is 0 Å². The van der Waals surface area contributed by atoms with E-state index >= 15 is 0 Å². The zero-order valence-corrected chi connectivity index (χ0v) is 9.44. The molecule has 0 atom stereocenters. The topological polar surface area (TPSA) is 9.23 Å². The first-order valence-electron chi connectivity index (χ1n) is 5.92. The molecule has 0 amide bonds. The lowest BCUT2D eigenvalue weighted by Crippen LogP contribution is -2.41. The van der Waals surface area contributed by atoms with Crippen LogP contribution in [0.1, 0.15) is 52.9 Å². The first-order chi connectivity index (χ1) is 6.35. The molecule has 1 heterocycles. The van der Waals surface area contributed by atoms with Crippen molar-refractivity contribution in [3.63, 3.8) is 0 Å². The van der Waals surface area contributed by atoms with Gasteiger partial charge in [0.25, 0.3) is 0 Å². The Labute approximate surface area is 82.9 Å². The molecule has 1 saturated heterocycles. The SMILES string of the molecule is CC.CCC1CC2(CCOCC2)C1. The molecule has 13 heavy (non-hydrogen) atoms. The Bertz CT molecular complexity index is 128. The van der Waals surface area contributed by atoms with Gasteiger partial charge in [-0.1, -0.05) is 27.2 Å². The Balaban J connectivity index is 0.000000396. The summed E-state index contributed by atoms with van der Waals surface area (Å²) in [6, 6.07) is 0. The fourth-order valence-electron chi connectivity index (χ4n) is 2.67. The predicted molar refractivity (Wildman–Crippen MR) is 56.8 cm³/mol. The summed E-state index contributed by atoms with van der Waals surface area (Å²) in [7, 11) is 0. The molecule has 2 aliphatic rings. The molecular formula is C12H24O. The Morgan fingerprint density at radius 2 is 1.69 bits per heavy atom. The Morgan fingerprint density at radius 3 is 2.15 bits per heavy atom. The summed E-state index contributed by atoms with van der Waals surface area (Å²) >= 11 is 0. The Hall–Kier alpha value is -0.0400. The van der Waals surface area contributed by atoms with Crippen molar-refractivity contribution in [2.45, 2.75) is 52.9 Å². The minimum absolute atomic E-state index is 0.749. The van der Waals surface area contributed by atoms with Gasteiger partial charge in [-0.15, -0.1) is 0 Å². The zero-order valence-electron chi connectivity index (χ0n) is 9.44. The summed E-state index contributed by atoms with van der Waals surface area (Å²) < 4.78 is 5.37. The monoisotopic (exact) mass is 184 g/mol. The van der Waals surface area contributed by atoms with Crippen LogP contribution in [0.5, 0.6) is 0 Å². The third-order valence-corrected chi connectivity index (χ3v) is 3.57. The van der Waals surface area contributed by atoms with Crippen molar-refractivity contribution in [2.75, 3.05) is 13.2 Å². The van der Waals surface area contributed by atoms with Crippen molar-refractivity contribution in [1.29, 1.82) is 0 Å². The second-order valence-electron chi connectivity index (χ2n) is 4.29. The maximum Gasteiger partial charge on any atom is 0.0471 e. The van der Waals surface area contributed by atoms with Crippen molar-refractivity contribution in [3.05, 3.63) is 0 Å². The van der Waals surface area contributed by atoms with Gasteiger partial charge in [-0.3, -0.25) is 0 Å². The molecular weight excluding hydrogens is 160 g/mol. The van der Waals surface area contributed by atoms with Crippen LogP contribution in [0.3, 0.4) is 0 Å². The highest BCUT2D eigenvalue weighted by Crippen LogP contribution is 2.53. The van der Waals surface area contributed by atoms with Crippen LogP contribution >= 0.6 is 0 Å². The first kappa shape index (κ1) is 11.0. The second-order valence-corrected chi connectivity index (χ2v) is 4.29. The van der Waals surface area contributed by atoms with Gasteiger partial charge in [0.1, 0.15) is 0 Å². The third-order valence-electron chi connectivity index (χ3n) is 3.57. The van der Waals surface area contributed by atoms with Gasteiger partial charge in [-0.2, -0.15) is 0 Å². The lowest BCUT2D eigenvalue weighted by Gasteiger charge is -2.50. The highest BCUT2D eigenvalue weighted by atomic mass is 16.5. The molecule has 0 bridgehead atoms. The van der Waals surface area contributed by atoms with Crippen LogP contribution in [-0.2, 0) is 4.74 Å². The highest BCUT2D eigenvalue weighted by Gasteiger charge is 2.43. The van der Waals surface area contributed by atoms with Crippen LogP contribution in [0.4, 0.5) is 0 Å². The van der Waals surface area contributed by atoms with Crippen LogP contribution in [-0.4, -0.2) is 13.2 Å². The molecule has 78 valence electrons. The van der Waals surface area contributed by atoms with E-state index in [-0.39, 0.29) is 0 Å². The molecule has 0 aromatic rings. The van der Waals surface area contributed by atoms with Crippen LogP contribution in [0.2, 0.25) is 0 Å². The molecule has 0 N–H and O–H groups in total. The van der Waals surface area contributed by atoms with E-state index in [4.69, 9.17) is 4.74 Å². The molecule has 0 aromatic carbocycles. The fourth-order valence-corrected chi connectivity index (χ4v) is 2.67. The summed E-state index contributed by atoms with van der Waals surface area (Å²) in [4.78, 5) is 0. The molecule has 1 aliphatic carbocycles.